The van der Waals surface area contributed by atoms with Gasteiger partial charge in [0.2, 0.25) is 5.91 Å². The molecule has 1 aromatic carbocycles. The minimum absolute atomic E-state index is 0.0211. The number of hydrogen-bond donors (Lipinski definition) is 1. The Morgan fingerprint density at radius 1 is 1.26 bits per heavy atom. The summed E-state index contributed by atoms with van der Waals surface area (Å²) in [4.78, 5) is 23.6. The van der Waals surface area contributed by atoms with Gasteiger partial charge in [0, 0.05) is 12.1 Å². The third-order valence-electron chi connectivity index (χ3n) is 3.00. The zero-order chi connectivity index (χ0) is 14.4. The van der Waals surface area contributed by atoms with Crippen molar-refractivity contribution in [1.82, 2.24) is 5.32 Å². The number of carbonyl (C=O) groups excluding carboxylic acids is 2. The average molecular weight is 279 g/mol. The van der Waals surface area contributed by atoms with E-state index in [1.165, 1.54) is 17.3 Å². The van der Waals surface area contributed by atoms with Crippen LogP contribution < -0.4 is 5.32 Å². The van der Waals surface area contributed by atoms with Gasteiger partial charge in [0.25, 0.3) is 0 Å². The quantitative estimate of drug-likeness (QED) is 0.814. The Balaban J connectivity index is 2.61. The molecule has 1 unspecified atom stereocenters. The molecule has 1 aromatic rings. The van der Waals surface area contributed by atoms with Crippen LogP contribution in [-0.2, 0) is 4.79 Å². The van der Waals surface area contributed by atoms with Gasteiger partial charge in [-0.05, 0) is 44.9 Å². The van der Waals surface area contributed by atoms with Gasteiger partial charge in [0.1, 0.15) is 0 Å². The molecule has 0 heterocycles. The highest BCUT2D eigenvalue weighted by molar-refractivity contribution is 8.01. The van der Waals surface area contributed by atoms with Crippen LogP contribution in [0.1, 0.15) is 35.3 Å². The van der Waals surface area contributed by atoms with Gasteiger partial charge in [-0.2, -0.15) is 0 Å². The molecule has 1 atom stereocenters. The molecule has 0 aliphatic heterocycles. The fraction of sp³-hybridized carbons (Fsp3) is 0.467. The maximum absolute atomic E-state index is 12.2. The minimum Gasteiger partial charge on any atom is -0.356 e. The number of hydrogen-bond acceptors (Lipinski definition) is 3. The highest BCUT2D eigenvalue weighted by Gasteiger charge is 2.17. The van der Waals surface area contributed by atoms with Crippen LogP contribution in [0.15, 0.2) is 18.2 Å². The number of nitrogens with one attached hydrogen (secondary N) is 1. The van der Waals surface area contributed by atoms with E-state index in [2.05, 4.69) is 5.32 Å². The Kier molecular flexibility index (Phi) is 6.09. The van der Waals surface area contributed by atoms with E-state index in [0.29, 0.717) is 12.3 Å². The summed E-state index contributed by atoms with van der Waals surface area (Å²) in [6, 6.07) is 5.73. The molecule has 1 rings (SSSR count). The van der Waals surface area contributed by atoms with Crippen LogP contribution in [0.25, 0.3) is 0 Å². The lowest BCUT2D eigenvalue weighted by atomic mass is 10.0. The summed E-state index contributed by atoms with van der Waals surface area (Å²) in [7, 11) is 0. The Hall–Kier alpha value is -1.29. The maximum atomic E-state index is 12.2. The largest absolute Gasteiger partial charge is 0.356 e. The first kappa shape index (κ1) is 15.8. The molecule has 104 valence electrons. The Morgan fingerprint density at radius 3 is 2.53 bits per heavy atom. The third kappa shape index (κ3) is 4.71. The first-order valence-electron chi connectivity index (χ1n) is 6.45. The zero-order valence-corrected chi connectivity index (χ0v) is 12.8. The third-order valence-corrected chi connectivity index (χ3v) is 4.14. The fourth-order valence-electron chi connectivity index (χ4n) is 1.65. The second-order valence-electron chi connectivity index (χ2n) is 4.57. The fourth-order valence-corrected chi connectivity index (χ4v) is 2.44. The van der Waals surface area contributed by atoms with Crippen molar-refractivity contribution in [3.05, 3.63) is 34.9 Å². The highest BCUT2D eigenvalue weighted by Crippen LogP contribution is 2.18. The van der Waals surface area contributed by atoms with E-state index < -0.39 is 0 Å². The molecular weight excluding hydrogens is 258 g/mol. The molecular formula is C15H21NO2S. The van der Waals surface area contributed by atoms with Crippen LogP contribution in [0.2, 0.25) is 0 Å². The van der Waals surface area contributed by atoms with Crippen molar-refractivity contribution < 1.29 is 9.59 Å². The van der Waals surface area contributed by atoms with Crippen molar-refractivity contribution in [2.24, 2.45) is 0 Å². The predicted octanol–water partition coefficient (Wildman–Crippen LogP) is 2.74. The molecule has 0 spiro atoms. The van der Waals surface area contributed by atoms with E-state index in [1.54, 1.807) is 0 Å². The molecule has 0 aromatic heterocycles. The number of thioether (sulfide) groups is 1. The van der Waals surface area contributed by atoms with Gasteiger partial charge < -0.3 is 5.32 Å². The molecule has 0 aliphatic carbocycles. The molecule has 0 fully saturated rings. The number of rotatable bonds is 6. The lowest BCUT2D eigenvalue weighted by molar-refractivity contribution is -0.118. The number of aryl methyl sites for hydroxylation is 2. The van der Waals surface area contributed by atoms with Gasteiger partial charge >= 0.3 is 0 Å². The summed E-state index contributed by atoms with van der Waals surface area (Å²) < 4.78 is 0. The van der Waals surface area contributed by atoms with E-state index in [1.807, 2.05) is 45.9 Å². The Bertz CT molecular complexity index is 471. The zero-order valence-electron chi connectivity index (χ0n) is 11.9. The van der Waals surface area contributed by atoms with Gasteiger partial charge in [-0.15, -0.1) is 11.8 Å². The summed E-state index contributed by atoms with van der Waals surface area (Å²) >= 11 is 1.38. The minimum atomic E-state index is -0.204. The Morgan fingerprint density at radius 2 is 1.95 bits per heavy atom. The van der Waals surface area contributed by atoms with Crippen molar-refractivity contribution in [2.75, 3.05) is 12.3 Å². The van der Waals surface area contributed by atoms with E-state index in [0.717, 1.165) is 11.1 Å². The van der Waals surface area contributed by atoms with Crippen LogP contribution >= 0.6 is 11.8 Å². The molecule has 0 aliphatic rings. The van der Waals surface area contributed by atoms with E-state index >= 15 is 0 Å². The smallest absolute Gasteiger partial charge is 0.230 e. The molecule has 0 radical (unpaired) electrons. The summed E-state index contributed by atoms with van der Waals surface area (Å²) in [6.07, 6.45) is 0. The summed E-state index contributed by atoms with van der Waals surface area (Å²) in [6.45, 7) is 8.38. The first-order valence-corrected chi connectivity index (χ1v) is 7.50. The molecule has 4 heteroatoms. The number of carbonyl (C=O) groups is 2. The maximum Gasteiger partial charge on any atom is 0.230 e. The van der Waals surface area contributed by atoms with Gasteiger partial charge in [0.15, 0.2) is 5.78 Å². The van der Waals surface area contributed by atoms with Crippen LogP contribution in [-0.4, -0.2) is 29.2 Å². The van der Waals surface area contributed by atoms with Crippen molar-refractivity contribution in [3.63, 3.8) is 0 Å². The Labute approximate surface area is 119 Å². The van der Waals surface area contributed by atoms with Gasteiger partial charge in [-0.3, -0.25) is 9.59 Å². The molecule has 0 bridgehead atoms. The van der Waals surface area contributed by atoms with Crippen LogP contribution in [0, 0.1) is 13.8 Å². The summed E-state index contributed by atoms with van der Waals surface area (Å²) in [5, 5.41) is 2.52. The first-order chi connectivity index (χ1) is 8.95. The topological polar surface area (TPSA) is 46.2 Å². The van der Waals surface area contributed by atoms with Crippen molar-refractivity contribution in [1.29, 1.82) is 0 Å². The number of amides is 1. The van der Waals surface area contributed by atoms with Crippen LogP contribution in [0.5, 0.6) is 0 Å². The second kappa shape index (κ2) is 7.34. The molecule has 0 saturated heterocycles. The molecule has 3 nitrogen and oxygen atoms in total. The predicted molar refractivity (Wildman–Crippen MR) is 80.9 cm³/mol. The monoisotopic (exact) mass is 279 g/mol. The lowest BCUT2D eigenvalue weighted by Gasteiger charge is -2.11. The van der Waals surface area contributed by atoms with Crippen molar-refractivity contribution >= 4 is 23.5 Å². The van der Waals surface area contributed by atoms with Crippen LogP contribution in [0.3, 0.4) is 0 Å². The van der Waals surface area contributed by atoms with Gasteiger partial charge in [-0.25, -0.2) is 0 Å². The molecule has 0 saturated carbocycles. The van der Waals surface area contributed by atoms with E-state index in [9.17, 15) is 9.59 Å². The van der Waals surface area contributed by atoms with Crippen molar-refractivity contribution in [3.8, 4) is 0 Å². The van der Waals surface area contributed by atoms with E-state index in [-0.39, 0.29) is 16.9 Å². The van der Waals surface area contributed by atoms with Gasteiger partial charge in [-0.1, -0.05) is 12.1 Å². The van der Waals surface area contributed by atoms with Crippen LogP contribution in [0.4, 0.5) is 0 Å². The highest BCUT2D eigenvalue weighted by atomic mass is 32.2. The second-order valence-corrected chi connectivity index (χ2v) is 5.90. The standard InChI is InChI=1S/C15H21NO2S/c1-5-16-14(17)9-19-12(4)15(18)13-7-6-10(2)11(3)8-13/h6-8,12H,5,9H2,1-4H3,(H,16,17). The number of Topliss-reactive ketones (excluding diaryl/α,β-unsaturated/α-hetero) is 1. The summed E-state index contributed by atoms with van der Waals surface area (Å²) in [5.74, 6) is 0.385. The normalized spacial score (nSPS) is 12.0. The van der Waals surface area contributed by atoms with E-state index in [4.69, 9.17) is 0 Å². The number of ketones is 1. The number of benzene rings is 1. The molecule has 1 amide bonds. The van der Waals surface area contributed by atoms with Crippen molar-refractivity contribution in [2.45, 2.75) is 32.9 Å². The molecule has 1 N–H and O–H groups in total. The lowest BCUT2D eigenvalue weighted by Crippen LogP contribution is -2.26. The summed E-state index contributed by atoms with van der Waals surface area (Å²) in [5.41, 5.74) is 3.02. The van der Waals surface area contributed by atoms with Gasteiger partial charge in [0.05, 0.1) is 11.0 Å². The average Bonchev–Trinajstić information content (AvgIpc) is 2.38. The SMILES string of the molecule is CCNC(=O)CSC(C)C(=O)c1ccc(C)c(C)c1. The molecule has 19 heavy (non-hydrogen) atoms.